The number of nitrogens with zero attached hydrogens (tertiary/aromatic N) is 2. The minimum absolute atomic E-state index is 0.229. The Hall–Kier alpha value is -2.53. The second-order valence-corrected chi connectivity index (χ2v) is 12.0. The Balaban J connectivity index is 1.83. The van der Waals surface area contributed by atoms with Crippen LogP contribution in [0.1, 0.15) is 38.6 Å². The molecule has 1 aliphatic heterocycles. The molecule has 1 unspecified atom stereocenters. The number of anilines is 1. The van der Waals surface area contributed by atoms with Gasteiger partial charge in [0.05, 0.1) is 31.0 Å². The number of hydrogen-bond acceptors (Lipinski definition) is 7. The quantitative estimate of drug-likeness (QED) is 0.256. The molecule has 1 aliphatic rings. The summed E-state index contributed by atoms with van der Waals surface area (Å²) in [6.07, 6.45) is 5.16. The van der Waals surface area contributed by atoms with Crippen LogP contribution >= 0.6 is 23.1 Å². The Morgan fingerprint density at radius 1 is 1.11 bits per heavy atom. The predicted octanol–water partition coefficient (Wildman–Crippen LogP) is 6.10. The summed E-state index contributed by atoms with van der Waals surface area (Å²) in [5.74, 6) is 1.44. The van der Waals surface area contributed by atoms with Gasteiger partial charge in [0.25, 0.3) is 15.1 Å². The highest BCUT2D eigenvalue weighted by Crippen LogP contribution is 2.50. The molecule has 4 rings (SSSR count). The molecule has 36 heavy (non-hydrogen) atoms. The summed E-state index contributed by atoms with van der Waals surface area (Å²) in [6.45, 7) is 6.75. The zero-order valence-electron chi connectivity index (χ0n) is 21.0. The topological polar surface area (TPSA) is 80.0 Å². The summed E-state index contributed by atoms with van der Waals surface area (Å²) in [6, 6.07) is 11.7. The summed E-state index contributed by atoms with van der Waals surface area (Å²) in [7, 11) is -1.09. The molecule has 2 heterocycles. The molecule has 10 heteroatoms. The lowest BCUT2D eigenvalue weighted by Gasteiger charge is -2.28. The number of fused-ring (bicyclic) bond motifs is 2. The predicted molar refractivity (Wildman–Crippen MR) is 148 cm³/mol. The molecule has 192 valence electrons. The molecule has 1 atom stereocenters. The number of thiazole rings is 1. The van der Waals surface area contributed by atoms with Crippen molar-refractivity contribution in [2.45, 2.75) is 50.4 Å². The van der Waals surface area contributed by atoms with Crippen molar-refractivity contribution in [2.75, 3.05) is 19.1 Å². The third-order valence-corrected chi connectivity index (χ3v) is 9.57. The van der Waals surface area contributed by atoms with Crippen LogP contribution < -0.4 is 18.9 Å². The lowest BCUT2D eigenvalue weighted by molar-refractivity contribution is -0.665. The van der Waals surface area contributed by atoms with Gasteiger partial charge in [-0.3, -0.25) is 4.55 Å². The van der Waals surface area contributed by atoms with Crippen LogP contribution in [0.3, 0.4) is 0 Å². The largest absolute Gasteiger partial charge is 0.497 e. The molecule has 2 aromatic carbocycles. The van der Waals surface area contributed by atoms with Gasteiger partial charge in [0, 0.05) is 17.0 Å². The average Bonchev–Trinajstić information content (AvgIpc) is 3.39. The first kappa shape index (κ1) is 26.5. The zero-order valence-corrected chi connectivity index (χ0v) is 23.5. The van der Waals surface area contributed by atoms with Gasteiger partial charge in [-0.25, -0.2) is 0 Å². The van der Waals surface area contributed by atoms with E-state index in [1.807, 2.05) is 36.4 Å². The van der Waals surface area contributed by atoms with Crippen molar-refractivity contribution in [3.8, 4) is 11.5 Å². The lowest BCUT2D eigenvalue weighted by atomic mass is 10.2. The van der Waals surface area contributed by atoms with Crippen LogP contribution in [-0.2, 0) is 16.7 Å². The SMILES string of the molecule is CCC(=Cc1sc2ccc(OC)cc2[n+]1CC)C=C1Sc2ccc(OC)cc2N1C(CC)S(=O)(=O)O. The van der Waals surface area contributed by atoms with Gasteiger partial charge in [0.2, 0.25) is 5.52 Å². The molecule has 1 aromatic heterocycles. The Bertz CT molecular complexity index is 1440. The van der Waals surface area contributed by atoms with E-state index in [1.54, 1.807) is 37.4 Å². The van der Waals surface area contributed by atoms with Crippen LogP contribution in [0.2, 0.25) is 0 Å². The zero-order chi connectivity index (χ0) is 26.0. The highest BCUT2D eigenvalue weighted by molar-refractivity contribution is 8.03. The summed E-state index contributed by atoms with van der Waals surface area (Å²) >= 11 is 3.20. The number of ether oxygens (including phenoxy) is 2. The number of rotatable bonds is 9. The van der Waals surface area contributed by atoms with Crippen molar-refractivity contribution >= 4 is 55.2 Å². The molecule has 0 radical (unpaired) electrons. The second-order valence-electron chi connectivity index (χ2n) is 8.26. The van der Waals surface area contributed by atoms with Crippen molar-refractivity contribution in [1.29, 1.82) is 0 Å². The van der Waals surface area contributed by atoms with Crippen LogP contribution in [0.25, 0.3) is 16.3 Å². The fourth-order valence-corrected chi connectivity index (χ4v) is 7.63. The molecule has 0 amide bonds. The maximum Gasteiger partial charge on any atom is 0.286 e. The third-order valence-electron chi connectivity index (χ3n) is 6.14. The Morgan fingerprint density at radius 3 is 2.42 bits per heavy atom. The van der Waals surface area contributed by atoms with E-state index in [-0.39, 0.29) is 6.42 Å². The van der Waals surface area contributed by atoms with E-state index >= 15 is 0 Å². The molecule has 0 saturated carbocycles. The highest BCUT2D eigenvalue weighted by atomic mass is 32.2. The van der Waals surface area contributed by atoms with Gasteiger partial charge in [-0.1, -0.05) is 36.9 Å². The van der Waals surface area contributed by atoms with Crippen molar-refractivity contribution in [1.82, 2.24) is 0 Å². The summed E-state index contributed by atoms with van der Waals surface area (Å²) in [5, 5.41) is 0.756. The molecule has 0 spiro atoms. The number of benzene rings is 2. The number of allylic oxidation sites excluding steroid dienone is 2. The van der Waals surface area contributed by atoms with E-state index in [0.29, 0.717) is 11.4 Å². The van der Waals surface area contributed by atoms with E-state index in [0.717, 1.165) is 44.7 Å². The number of thioether (sulfide) groups is 1. The van der Waals surface area contributed by atoms with Gasteiger partial charge in [0.15, 0.2) is 5.37 Å². The normalized spacial score (nSPS) is 16.0. The van der Waals surface area contributed by atoms with E-state index < -0.39 is 15.5 Å². The van der Waals surface area contributed by atoms with E-state index in [1.165, 1.54) is 16.5 Å². The molecular formula is C26H31N2O5S3+. The molecular weight excluding hydrogens is 516 g/mol. The second kappa shape index (κ2) is 10.8. The van der Waals surface area contributed by atoms with E-state index in [2.05, 4.69) is 30.6 Å². The van der Waals surface area contributed by atoms with Gasteiger partial charge in [-0.2, -0.15) is 13.0 Å². The number of hydrogen-bond donors (Lipinski definition) is 1. The minimum atomic E-state index is -4.33. The van der Waals surface area contributed by atoms with Gasteiger partial charge in [-0.05, 0) is 55.7 Å². The van der Waals surface area contributed by atoms with Gasteiger partial charge < -0.3 is 14.4 Å². The van der Waals surface area contributed by atoms with Crippen molar-refractivity contribution in [3.05, 3.63) is 58.1 Å². The number of aryl methyl sites for hydroxylation is 1. The summed E-state index contributed by atoms with van der Waals surface area (Å²) < 4.78 is 49.0. The Kier molecular flexibility index (Phi) is 7.99. The summed E-state index contributed by atoms with van der Waals surface area (Å²) in [5.41, 5.74) is 2.88. The first-order chi connectivity index (χ1) is 17.2. The Morgan fingerprint density at radius 2 is 1.81 bits per heavy atom. The summed E-state index contributed by atoms with van der Waals surface area (Å²) in [4.78, 5) is 2.63. The van der Waals surface area contributed by atoms with E-state index in [9.17, 15) is 13.0 Å². The highest BCUT2D eigenvalue weighted by Gasteiger charge is 2.37. The van der Waals surface area contributed by atoms with Crippen molar-refractivity contribution in [3.63, 3.8) is 0 Å². The van der Waals surface area contributed by atoms with Crippen LogP contribution in [0.15, 0.2) is 58.0 Å². The maximum absolute atomic E-state index is 12.4. The number of aromatic nitrogens is 1. The molecule has 3 aromatic rings. The monoisotopic (exact) mass is 547 g/mol. The van der Waals surface area contributed by atoms with Gasteiger partial charge in [-0.15, -0.1) is 0 Å². The van der Waals surface area contributed by atoms with Crippen LogP contribution in [-0.4, -0.2) is 32.6 Å². The fourth-order valence-electron chi connectivity index (χ4n) is 4.31. The minimum Gasteiger partial charge on any atom is -0.497 e. The first-order valence-corrected chi connectivity index (χ1v) is 14.9. The van der Waals surface area contributed by atoms with Crippen LogP contribution in [0.4, 0.5) is 5.69 Å². The Labute approximate surface area is 220 Å². The molecule has 0 bridgehead atoms. The van der Waals surface area contributed by atoms with Gasteiger partial charge >= 0.3 is 0 Å². The molecule has 0 fully saturated rings. The molecule has 0 saturated heterocycles. The molecule has 1 N–H and O–H groups in total. The number of methoxy groups -OCH3 is 2. The third kappa shape index (κ3) is 5.13. The fraction of sp³-hybridized carbons (Fsp3) is 0.346. The average molecular weight is 548 g/mol. The van der Waals surface area contributed by atoms with Crippen LogP contribution in [0.5, 0.6) is 11.5 Å². The van der Waals surface area contributed by atoms with E-state index in [4.69, 9.17) is 9.47 Å². The lowest BCUT2D eigenvalue weighted by Crippen LogP contribution is -2.38. The maximum atomic E-state index is 12.4. The van der Waals surface area contributed by atoms with Gasteiger partial charge in [0.1, 0.15) is 22.7 Å². The van der Waals surface area contributed by atoms with Crippen LogP contribution in [0, 0.1) is 0 Å². The van der Waals surface area contributed by atoms with Crippen molar-refractivity contribution in [2.24, 2.45) is 0 Å². The molecule has 0 aliphatic carbocycles. The smallest absolute Gasteiger partial charge is 0.286 e. The molecule has 7 nitrogen and oxygen atoms in total. The van der Waals surface area contributed by atoms with Crippen molar-refractivity contribution < 1.29 is 27.0 Å². The standard InChI is InChI=1S/C26H30N2O5S3/c1-6-17(13-24-27(8-3)20-15-18(32-4)9-11-22(20)34-24)14-25-28(26(7-2)36(29,30)31)21-16-19(33-5)10-12-23(21)35-25/h9-16,26H,6-8H2,1-5H3/p+1. The first-order valence-electron chi connectivity index (χ1n) is 11.8.